The van der Waals surface area contributed by atoms with Crippen LogP contribution in [0, 0.1) is 0 Å². The van der Waals surface area contributed by atoms with Gasteiger partial charge in [0, 0.05) is 6.08 Å². The zero-order chi connectivity index (χ0) is 12.6. The van der Waals surface area contributed by atoms with E-state index in [1.165, 1.54) is 32.1 Å². The molecule has 0 heterocycles. The smallest absolute Gasteiger partial charge is 0.328 e. The topological polar surface area (TPSA) is 74.6 Å². The molecule has 1 aromatic carbocycles. The van der Waals surface area contributed by atoms with Crippen LogP contribution in [0.15, 0.2) is 30.3 Å². The molecular weight excluding hydrogens is 208 g/mol. The largest absolute Gasteiger partial charge is 0.508 e. The van der Waals surface area contributed by atoms with Crippen molar-refractivity contribution >= 4 is 17.8 Å². The Morgan fingerprint density at radius 1 is 1.12 bits per heavy atom. The quantitative estimate of drug-likeness (QED) is 0.751. The van der Waals surface area contributed by atoms with Crippen molar-refractivity contribution in [1.29, 1.82) is 0 Å². The molecule has 1 rings (SSSR count). The summed E-state index contributed by atoms with van der Waals surface area (Å²) in [6.45, 7) is 3.06. The first kappa shape index (κ1) is 13.9. The molecule has 0 amide bonds. The molecule has 0 aromatic heterocycles. The van der Waals surface area contributed by atoms with E-state index in [2.05, 4.69) is 0 Å². The molecule has 0 saturated carbocycles. The molecule has 0 spiro atoms. The third-order valence-corrected chi connectivity index (χ3v) is 1.31. The van der Waals surface area contributed by atoms with Gasteiger partial charge in [-0.1, -0.05) is 12.1 Å². The number of carbonyl (C=O) groups excluding carboxylic acids is 1. The van der Waals surface area contributed by atoms with Crippen molar-refractivity contribution < 1.29 is 19.8 Å². The molecule has 0 aliphatic rings. The van der Waals surface area contributed by atoms with E-state index in [-0.39, 0.29) is 11.5 Å². The average Bonchev–Trinajstić information content (AvgIpc) is 2.16. The molecule has 0 bridgehead atoms. The number of aliphatic carboxylic acids is 1. The Morgan fingerprint density at radius 3 is 1.94 bits per heavy atom. The molecule has 2 N–H and O–H groups in total. The molecular formula is C12H14O4. The number of aromatic hydroxyl groups is 1. The van der Waals surface area contributed by atoms with Gasteiger partial charge in [-0.15, -0.1) is 0 Å². The minimum atomic E-state index is -0.983. The van der Waals surface area contributed by atoms with E-state index in [0.29, 0.717) is 0 Å². The molecule has 0 aliphatic heterocycles. The lowest BCUT2D eigenvalue weighted by atomic mass is 10.2. The predicted octanol–water partition coefficient (Wildman–Crippen LogP) is 2.09. The molecule has 4 heteroatoms. The van der Waals surface area contributed by atoms with E-state index in [4.69, 9.17) is 10.2 Å². The fourth-order valence-corrected chi connectivity index (χ4v) is 0.753. The first-order chi connectivity index (χ1) is 7.41. The Labute approximate surface area is 93.8 Å². The zero-order valence-electron chi connectivity index (χ0n) is 9.18. The van der Waals surface area contributed by atoms with Crippen LogP contribution in [0.25, 0.3) is 6.08 Å². The van der Waals surface area contributed by atoms with Gasteiger partial charge >= 0.3 is 5.97 Å². The maximum absolute atomic E-state index is 10.1. The summed E-state index contributed by atoms with van der Waals surface area (Å²) in [6.07, 6.45) is 2.51. The summed E-state index contributed by atoms with van der Waals surface area (Å²) in [6, 6.07) is 6.27. The van der Waals surface area contributed by atoms with Crippen molar-refractivity contribution in [3.8, 4) is 5.75 Å². The standard InChI is InChI=1S/C9H8O3.C3H6O/c10-8-4-1-7(2-5-8)3-6-9(11)12;1-3(2)4/h1-6,10H,(H,11,12);1-2H3/b6-3+;. The molecule has 0 aliphatic carbocycles. The molecule has 0 fully saturated rings. The fourth-order valence-electron chi connectivity index (χ4n) is 0.753. The SMILES string of the molecule is CC(C)=O.O=C(O)/C=C/c1ccc(O)cc1. The van der Waals surface area contributed by atoms with E-state index in [9.17, 15) is 9.59 Å². The van der Waals surface area contributed by atoms with Crippen molar-refractivity contribution in [2.24, 2.45) is 0 Å². The summed E-state index contributed by atoms with van der Waals surface area (Å²) in [5.74, 6) is -0.648. The maximum Gasteiger partial charge on any atom is 0.328 e. The van der Waals surface area contributed by atoms with Gasteiger partial charge in [0.15, 0.2) is 0 Å². The van der Waals surface area contributed by atoms with Crippen LogP contribution >= 0.6 is 0 Å². The van der Waals surface area contributed by atoms with Crippen LogP contribution in [0.2, 0.25) is 0 Å². The number of carbonyl (C=O) groups is 2. The minimum Gasteiger partial charge on any atom is -0.508 e. The van der Waals surface area contributed by atoms with Crippen molar-refractivity contribution in [1.82, 2.24) is 0 Å². The van der Waals surface area contributed by atoms with Crippen LogP contribution in [0.1, 0.15) is 19.4 Å². The molecule has 0 unspecified atom stereocenters. The molecule has 0 saturated heterocycles. The van der Waals surface area contributed by atoms with Crippen molar-refractivity contribution in [3.05, 3.63) is 35.9 Å². The van der Waals surface area contributed by atoms with Gasteiger partial charge in [0.05, 0.1) is 0 Å². The second kappa shape index (κ2) is 7.23. The van der Waals surface area contributed by atoms with Gasteiger partial charge in [0.2, 0.25) is 0 Å². The summed E-state index contributed by atoms with van der Waals surface area (Å²) >= 11 is 0. The highest BCUT2D eigenvalue weighted by Gasteiger charge is 1.89. The van der Waals surface area contributed by atoms with Gasteiger partial charge in [0.1, 0.15) is 11.5 Å². The van der Waals surface area contributed by atoms with E-state index < -0.39 is 5.97 Å². The van der Waals surface area contributed by atoms with Crippen molar-refractivity contribution in [3.63, 3.8) is 0 Å². The first-order valence-electron chi connectivity index (χ1n) is 4.59. The van der Waals surface area contributed by atoms with Gasteiger partial charge in [-0.25, -0.2) is 4.79 Å². The Kier molecular flexibility index (Phi) is 6.28. The highest BCUT2D eigenvalue weighted by Crippen LogP contribution is 2.10. The number of phenolic OH excluding ortho intramolecular Hbond substituents is 1. The number of phenols is 1. The lowest BCUT2D eigenvalue weighted by Crippen LogP contribution is -1.85. The lowest BCUT2D eigenvalue weighted by molar-refractivity contribution is -0.131. The molecule has 0 radical (unpaired) electrons. The number of ketones is 1. The average molecular weight is 222 g/mol. The highest BCUT2D eigenvalue weighted by molar-refractivity contribution is 5.85. The molecule has 4 nitrogen and oxygen atoms in total. The second-order valence-electron chi connectivity index (χ2n) is 3.17. The van der Waals surface area contributed by atoms with Crippen LogP contribution in [0.5, 0.6) is 5.75 Å². The third kappa shape index (κ3) is 8.50. The normalized spacial score (nSPS) is 9.38. The summed E-state index contributed by atoms with van der Waals surface area (Å²) in [7, 11) is 0. The van der Waals surface area contributed by atoms with E-state index in [1.807, 2.05) is 0 Å². The molecule has 86 valence electrons. The molecule has 1 aromatic rings. The summed E-state index contributed by atoms with van der Waals surface area (Å²) in [5.41, 5.74) is 0.746. The summed E-state index contributed by atoms with van der Waals surface area (Å²) < 4.78 is 0. The Balaban J connectivity index is 0.000000487. The predicted molar refractivity (Wildman–Crippen MR) is 61.1 cm³/mol. The third-order valence-electron chi connectivity index (χ3n) is 1.31. The molecule has 0 atom stereocenters. The Hall–Kier alpha value is -2.10. The number of Topliss-reactive ketones (excluding diaryl/α,β-unsaturated/α-hetero) is 1. The summed E-state index contributed by atoms with van der Waals surface area (Å²) in [4.78, 5) is 19.5. The zero-order valence-corrected chi connectivity index (χ0v) is 9.18. The number of carboxylic acids is 1. The van der Waals surface area contributed by atoms with Gasteiger partial charge in [0.25, 0.3) is 0 Å². The Bertz CT molecular complexity index is 373. The number of hydrogen-bond acceptors (Lipinski definition) is 3. The number of benzene rings is 1. The number of rotatable bonds is 2. The molecule has 16 heavy (non-hydrogen) atoms. The van der Waals surface area contributed by atoms with Crippen LogP contribution in [-0.2, 0) is 9.59 Å². The van der Waals surface area contributed by atoms with Crippen LogP contribution in [-0.4, -0.2) is 22.0 Å². The van der Waals surface area contributed by atoms with Gasteiger partial charge < -0.3 is 15.0 Å². The van der Waals surface area contributed by atoms with E-state index in [1.54, 1.807) is 12.1 Å². The monoisotopic (exact) mass is 222 g/mol. The first-order valence-corrected chi connectivity index (χ1v) is 4.59. The summed E-state index contributed by atoms with van der Waals surface area (Å²) in [5, 5.41) is 17.2. The van der Waals surface area contributed by atoms with Crippen molar-refractivity contribution in [2.45, 2.75) is 13.8 Å². The second-order valence-corrected chi connectivity index (χ2v) is 3.17. The van der Waals surface area contributed by atoms with Gasteiger partial charge in [-0.3, -0.25) is 0 Å². The Morgan fingerprint density at radius 2 is 1.56 bits per heavy atom. The maximum atomic E-state index is 10.1. The minimum absolute atomic E-state index is 0.167. The van der Waals surface area contributed by atoms with E-state index >= 15 is 0 Å². The van der Waals surface area contributed by atoms with Crippen LogP contribution in [0.4, 0.5) is 0 Å². The fraction of sp³-hybridized carbons (Fsp3) is 0.167. The van der Waals surface area contributed by atoms with Gasteiger partial charge in [-0.05, 0) is 37.6 Å². The lowest BCUT2D eigenvalue weighted by Gasteiger charge is -1.92. The number of hydrogen-bond donors (Lipinski definition) is 2. The van der Waals surface area contributed by atoms with E-state index in [0.717, 1.165) is 11.6 Å². The highest BCUT2D eigenvalue weighted by atomic mass is 16.4. The van der Waals surface area contributed by atoms with Crippen molar-refractivity contribution in [2.75, 3.05) is 0 Å². The van der Waals surface area contributed by atoms with Crippen LogP contribution in [0.3, 0.4) is 0 Å². The van der Waals surface area contributed by atoms with Gasteiger partial charge in [-0.2, -0.15) is 0 Å². The van der Waals surface area contributed by atoms with Crippen LogP contribution < -0.4 is 0 Å². The number of carboxylic acid groups (broad SMARTS) is 1.